The normalized spacial score (nSPS) is 24.2. The molecule has 3 aliphatic heterocycles. The van der Waals surface area contributed by atoms with Gasteiger partial charge in [-0.1, -0.05) is 6.07 Å². The van der Waals surface area contributed by atoms with Crippen LogP contribution in [0.4, 0.5) is 0 Å². The Morgan fingerprint density at radius 3 is 2.71 bits per heavy atom. The van der Waals surface area contributed by atoms with Crippen molar-refractivity contribution in [2.75, 3.05) is 19.6 Å². The zero-order valence-corrected chi connectivity index (χ0v) is 16.1. The molecule has 3 heterocycles. The quantitative estimate of drug-likeness (QED) is 0.714. The van der Waals surface area contributed by atoms with Gasteiger partial charge >= 0.3 is 0 Å². The third-order valence-electron chi connectivity index (χ3n) is 5.82. The van der Waals surface area contributed by atoms with Gasteiger partial charge in [0.1, 0.15) is 6.04 Å². The number of amides is 4. The van der Waals surface area contributed by atoms with E-state index >= 15 is 0 Å². The van der Waals surface area contributed by atoms with E-state index in [4.69, 9.17) is 0 Å². The lowest BCUT2D eigenvalue weighted by Gasteiger charge is -2.42. The molecule has 2 N–H and O–H groups in total. The highest BCUT2D eigenvalue weighted by atomic mass is 16.2. The first-order valence-electron chi connectivity index (χ1n) is 9.58. The fraction of sp³-hybridized carbons (Fsp3) is 0.500. The molecule has 1 atom stereocenters. The Balaban J connectivity index is 1.57. The van der Waals surface area contributed by atoms with E-state index in [-0.39, 0.29) is 29.7 Å². The molecule has 2 fully saturated rings. The fourth-order valence-electron chi connectivity index (χ4n) is 4.20. The van der Waals surface area contributed by atoms with Crippen molar-refractivity contribution in [3.63, 3.8) is 0 Å². The summed E-state index contributed by atoms with van der Waals surface area (Å²) in [6.07, 6.45) is 0.545. The maximum atomic E-state index is 13.1. The van der Waals surface area contributed by atoms with Gasteiger partial charge in [-0.3, -0.25) is 24.5 Å². The molecule has 0 spiro atoms. The standard InChI is InChI=1S/C20H24N4O4/c1-20(2)11-21-7-8-24(20)18(27)12-3-4-13-10-23(19(28)14(13)9-12)15-5-6-16(25)22-17(15)26/h3-4,9,15,21H,5-8,10-11H2,1-2H3,(H,22,25,26). The van der Waals surface area contributed by atoms with Crippen molar-refractivity contribution in [1.82, 2.24) is 20.4 Å². The first-order valence-corrected chi connectivity index (χ1v) is 9.58. The number of carbonyl (C=O) groups is 4. The second kappa shape index (κ2) is 6.70. The van der Waals surface area contributed by atoms with Gasteiger partial charge in [-0.2, -0.15) is 0 Å². The summed E-state index contributed by atoms with van der Waals surface area (Å²) in [6, 6.07) is 4.54. The number of nitrogens with one attached hydrogen (secondary N) is 2. The van der Waals surface area contributed by atoms with Crippen LogP contribution in [-0.2, 0) is 16.1 Å². The molecule has 1 unspecified atom stereocenters. The molecule has 3 aliphatic rings. The largest absolute Gasteiger partial charge is 0.331 e. The molecule has 4 rings (SSSR count). The number of benzene rings is 1. The van der Waals surface area contributed by atoms with Gasteiger partial charge in [0.25, 0.3) is 11.8 Å². The molecule has 0 radical (unpaired) electrons. The highest BCUT2D eigenvalue weighted by molar-refractivity contribution is 6.06. The maximum Gasteiger partial charge on any atom is 0.255 e. The van der Waals surface area contributed by atoms with Crippen molar-refractivity contribution in [3.8, 4) is 0 Å². The van der Waals surface area contributed by atoms with Gasteiger partial charge in [0, 0.05) is 43.7 Å². The molecule has 2 saturated heterocycles. The molecular formula is C20H24N4O4. The van der Waals surface area contributed by atoms with Crippen LogP contribution in [0.3, 0.4) is 0 Å². The minimum absolute atomic E-state index is 0.0958. The number of nitrogens with zero attached hydrogens (tertiary/aromatic N) is 2. The van der Waals surface area contributed by atoms with Gasteiger partial charge in [-0.15, -0.1) is 0 Å². The van der Waals surface area contributed by atoms with Gasteiger partial charge in [0.15, 0.2) is 0 Å². The zero-order chi connectivity index (χ0) is 20.1. The van der Waals surface area contributed by atoms with Gasteiger partial charge in [0.05, 0.1) is 5.54 Å². The Hall–Kier alpha value is -2.74. The highest BCUT2D eigenvalue weighted by Gasteiger charge is 2.40. The molecule has 0 aromatic heterocycles. The maximum absolute atomic E-state index is 13.1. The van der Waals surface area contributed by atoms with Crippen LogP contribution in [0.25, 0.3) is 0 Å². The van der Waals surface area contributed by atoms with E-state index in [0.29, 0.717) is 37.2 Å². The Labute approximate surface area is 163 Å². The topological polar surface area (TPSA) is 98.8 Å². The molecule has 8 heteroatoms. The predicted molar refractivity (Wildman–Crippen MR) is 100 cm³/mol. The molecule has 0 aliphatic carbocycles. The van der Waals surface area contributed by atoms with E-state index in [2.05, 4.69) is 10.6 Å². The number of hydrogen-bond donors (Lipinski definition) is 2. The molecular weight excluding hydrogens is 360 g/mol. The summed E-state index contributed by atoms with van der Waals surface area (Å²) in [6.45, 7) is 6.40. The van der Waals surface area contributed by atoms with Crippen molar-refractivity contribution in [2.24, 2.45) is 0 Å². The van der Waals surface area contributed by atoms with Crippen molar-refractivity contribution < 1.29 is 19.2 Å². The van der Waals surface area contributed by atoms with Crippen LogP contribution in [0.2, 0.25) is 0 Å². The molecule has 1 aromatic carbocycles. The van der Waals surface area contributed by atoms with Crippen LogP contribution in [0.5, 0.6) is 0 Å². The average molecular weight is 384 g/mol. The van der Waals surface area contributed by atoms with Gasteiger partial charge in [-0.05, 0) is 38.0 Å². The molecule has 4 amide bonds. The highest BCUT2D eigenvalue weighted by Crippen LogP contribution is 2.29. The zero-order valence-electron chi connectivity index (χ0n) is 16.1. The summed E-state index contributed by atoms with van der Waals surface area (Å²) in [5.41, 5.74) is 1.43. The minimum atomic E-state index is -0.649. The van der Waals surface area contributed by atoms with Crippen molar-refractivity contribution in [1.29, 1.82) is 0 Å². The summed E-state index contributed by atoms with van der Waals surface area (Å²) in [5.74, 6) is -1.10. The monoisotopic (exact) mass is 384 g/mol. The molecule has 0 bridgehead atoms. The lowest BCUT2D eigenvalue weighted by Crippen LogP contribution is -2.59. The Morgan fingerprint density at radius 2 is 2.00 bits per heavy atom. The van der Waals surface area contributed by atoms with E-state index in [1.807, 2.05) is 18.7 Å². The Kier molecular flexibility index (Phi) is 4.45. The molecule has 8 nitrogen and oxygen atoms in total. The van der Waals surface area contributed by atoms with Crippen molar-refractivity contribution in [2.45, 2.75) is 44.8 Å². The van der Waals surface area contributed by atoms with E-state index in [1.165, 1.54) is 4.90 Å². The molecule has 0 saturated carbocycles. The third-order valence-corrected chi connectivity index (χ3v) is 5.82. The lowest BCUT2D eigenvalue weighted by atomic mass is 9.97. The summed E-state index contributed by atoms with van der Waals surface area (Å²) >= 11 is 0. The lowest BCUT2D eigenvalue weighted by molar-refractivity contribution is -0.136. The number of imide groups is 1. The summed E-state index contributed by atoms with van der Waals surface area (Å²) < 4.78 is 0. The van der Waals surface area contributed by atoms with E-state index in [9.17, 15) is 19.2 Å². The third kappa shape index (κ3) is 3.07. The van der Waals surface area contributed by atoms with Crippen LogP contribution < -0.4 is 10.6 Å². The number of fused-ring (bicyclic) bond motifs is 1. The minimum Gasteiger partial charge on any atom is -0.331 e. The molecule has 1 aromatic rings. The number of hydrogen-bond acceptors (Lipinski definition) is 5. The fourth-order valence-corrected chi connectivity index (χ4v) is 4.20. The number of piperidine rings is 1. The number of carbonyl (C=O) groups excluding carboxylic acids is 4. The predicted octanol–water partition coefficient (Wildman–Crippen LogP) is 0.272. The second-order valence-corrected chi connectivity index (χ2v) is 8.22. The SMILES string of the molecule is CC1(C)CNCCN1C(=O)c1ccc2c(c1)C(=O)N(C1CCC(=O)NC1=O)C2. The van der Waals surface area contributed by atoms with E-state index in [0.717, 1.165) is 12.1 Å². The molecule has 148 valence electrons. The van der Waals surface area contributed by atoms with Gasteiger partial charge in [-0.25, -0.2) is 0 Å². The van der Waals surface area contributed by atoms with Crippen LogP contribution in [0.15, 0.2) is 18.2 Å². The van der Waals surface area contributed by atoms with Gasteiger partial charge in [0.2, 0.25) is 11.8 Å². The second-order valence-electron chi connectivity index (χ2n) is 8.22. The first-order chi connectivity index (χ1) is 13.3. The Morgan fingerprint density at radius 1 is 1.21 bits per heavy atom. The summed E-state index contributed by atoms with van der Waals surface area (Å²) in [7, 11) is 0. The van der Waals surface area contributed by atoms with E-state index < -0.39 is 11.9 Å². The van der Waals surface area contributed by atoms with Crippen molar-refractivity contribution in [3.05, 3.63) is 34.9 Å². The van der Waals surface area contributed by atoms with Crippen LogP contribution in [0.1, 0.15) is 53.0 Å². The smallest absolute Gasteiger partial charge is 0.255 e. The molecule has 28 heavy (non-hydrogen) atoms. The first kappa shape index (κ1) is 18.6. The van der Waals surface area contributed by atoms with Crippen LogP contribution >= 0.6 is 0 Å². The van der Waals surface area contributed by atoms with Gasteiger partial charge < -0.3 is 15.1 Å². The van der Waals surface area contributed by atoms with Crippen molar-refractivity contribution >= 4 is 23.6 Å². The van der Waals surface area contributed by atoms with Crippen LogP contribution in [0, 0.1) is 0 Å². The average Bonchev–Trinajstić information content (AvgIpc) is 2.97. The number of piperazine rings is 1. The number of rotatable bonds is 2. The van der Waals surface area contributed by atoms with E-state index in [1.54, 1.807) is 18.2 Å². The summed E-state index contributed by atoms with van der Waals surface area (Å²) in [5, 5.41) is 5.59. The summed E-state index contributed by atoms with van der Waals surface area (Å²) in [4.78, 5) is 52.8. The Bertz CT molecular complexity index is 879. The van der Waals surface area contributed by atoms with Crippen LogP contribution in [-0.4, -0.2) is 64.6 Å².